The molecule has 0 radical (unpaired) electrons. The first kappa shape index (κ1) is 23.1. The zero-order valence-corrected chi connectivity index (χ0v) is 17.6. The maximum Gasteiger partial charge on any atom is 0.327 e. The van der Waals surface area contributed by atoms with Gasteiger partial charge < -0.3 is 15.4 Å². The average Bonchev–Trinajstić information content (AvgIpc) is 2.90. The topological polar surface area (TPSA) is 122 Å². The van der Waals surface area contributed by atoms with E-state index in [0.29, 0.717) is 17.7 Å². The van der Waals surface area contributed by atoms with Crippen LogP contribution in [-0.4, -0.2) is 52.7 Å². The van der Waals surface area contributed by atoms with Gasteiger partial charge in [-0.15, -0.1) is 0 Å². The lowest BCUT2D eigenvalue weighted by Gasteiger charge is -2.21. The lowest BCUT2D eigenvalue weighted by atomic mass is 9.95. The first-order chi connectivity index (χ1) is 14.1. The van der Waals surface area contributed by atoms with E-state index >= 15 is 0 Å². The number of unbranched alkanes of at least 4 members (excludes halogenated alkanes) is 1. The van der Waals surface area contributed by atoms with Crippen LogP contribution in [0.5, 0.6) is 0 Å². The van der Waals surface area contributed by atoms with Gasteiger partial charge in [0.1, 0.15) is 12.1 Å². The average molecular weight is 417 g/mol. The quantitative estimate of drug-likeness (QED) is 0.361. The van der Waals surface area contributed by atoms with E-state index in [1.54, 1.807) is 31.2 Å². The van der Waals surface area contributed by atoms with Crippen molar-refractivity contribution in [2.24, 2.45) is 0 Å². The maximum absolute atomic E-state index is 12.5. The van der Waals surface area contributed by atoms with Gasteiger partial charge in [-0.25, -0.2) is 4.79 Å². The molecule has 2 rings (SSSR count). The molecule has 1 saturated heterocycles. The third-order valence-corrected chi connectivity index (χ3v) is 4.90. The monoisotopic (exact) mass is 417 g/mol. The predicted octanol–water partition coefficient (Wildman–Crippen LogP) is 2.26. The van der Waals surface area contributed by atoms with Crippen LogP contribution in [0.25, 0.3) is 0 Å². The SMILES string of the molecule is CCCC[C@@]1(C)NC(=O)N(CC(=O)O[C@H](C)C(=O)Nc2ccc(C(C)=O)cc2)C1=O. The van der Waals surface area contributed by atoms with Crippen molar-refractivity contribution in [2.45, 2.75) is 58.6 Å². The van der Waals surface area contributed by atoms with Crippen molar-refractivity contribution in [1.29, 1.82) is 0 Å². The summed E-state index contributed by atoms with van der Waals surface area (Å²) in [4.78, 5) is 61.2. The standard InChI is InChI=1S/C21H27N3O6/c1-5-6-11-21(4)19(28)24(20(29)23-21)12-17(26)30-14(3)18(27)22-16-9-7-15(8-10-16)13(2)25/h7-10,14H,5-6,11-12H2,1-4H3,(H,22,27)(H,23,29)/t14-,21-/m1/s1. The normalized spacial score (nSPS) is 19.3. The van der Waals surface area contributed by atoms with Gasteiger partial charge in [-0.3, -0.25) is 24.1 Å². The number of hydrogen-bond donors (Lipinski definition) is 2. The summed E-state index contributed by atoms with van der Waals surface area (Å²) in [6, 6.07) is 5.61. The fourth-order valence-corrected chi connectivity index (χ4v) is 3.04. The summed E-state index contributed by atoms with van der Waals surface area (Å²) in [6.07, 6.45) is 0.953. The van der Waals surface area contributed by atoms with Crippen LogP contribution in [0.1, 0.15) is 57.3 Å². The lowest BCUT2D eigenvalue weighted by Crippen LogP contribution is -2.44. The molecule has 9 nitrogen and oxygen atoms in total. The van der Waals surface area contributed by atoms with Crippen LogP contribution in [0.2, 0.25) is 0 Å². The van der Waals surface area contributed by atoms with Gasteiger partial charge in [0.25, 0.3) is 11.8 Å². The molecule has 1 aliphatic heterocycles. The second-order valence-electron chi connectivity index (χ2n) is 7.51. The summed E-state index contributed by atoms with van der Waals surface area (Å²) in [5.74, 6) is -2.03. The number of hydrogen-bond acceptors (Lipinski definition) is 6. The van der Waals surface area contributed by atoms with E-state index in [1.165, 1.54) is 13.8 Å². The third-order valence-electron chi connectivity index (χ3n) is 4.90. The molecule has 1 aromatic carbocycles. The molecule has 2 N–H and O–H groups in total. The first-order valence-electron chi connectivity index (χ1n) is 9.83. The van der Waals surface area contributed by atoms with Crippen LogP contribution < -0.4 is 10.6 Å². The van der Waals surface area contributed by atoms with Crippen molar-refractivity contribution >= 4 is 35.3 Å². The third kappa shape index (κ3) is 5.43. The summed E-state index contributed by atoms with van der Waals surface area (Å²) in [6.45, 7) is 5.85. The molecule has 30 heavy (non-hydrogen) atoms. The summed E-state index contributed by atoms with van der Waals surface area (Å²) in [5.41, 5.74) is -0.0942. The number of carbonyl (C=O) groups is 5. The lowest BCUT2D eigenvalue weighted by molar-refractivity contribution is -0.155. The fourth-order valence-electron chi connectivity index (χ4n) is 3.04. The second-order valence-corrected chi connectivity index (χ2v) is 7.51. The minimum atomic E-state index is -1.14. The molecular formula is C21H27N3O6. The Hall–Kier alpha value is -3.23. The number of anilines is 1. The highest BCUT2D eigenvalue weighted by Crippen LogP contribution is 2.23. The number of nitrogens with zero attached hydrogens (tertiary/aromatic N) is 1. The Labute approximate surface area is 175 Å². The minimum Gasteiger partial charge on any atom is -0.451 e. The molecule has 1 aliphatic rings. The zero-order chi connectivity index (χ0) is 22.5. The molecule has 2 atom stereocenters. The van der Waals surface area contributed by atoms with Gasteiger partial charge in [-0.2, -0.15) is 0 Å². The fraction of sp³-hybridized carbons (Fsp3) is 0.476. The Kier molecular flexibility index (Phi) is 7.31. The molecule has 0 aromatic heterocycles. The highest BCUT2D eigenvalue weighted by molar-refractivity contribution is 6.08. The molecule has 1 aromatic rings. The van der Waals surface area contributed by atoms with Crippen molar-refractivity contribution in [3.05, 3.63) is 29.8 Å². The van der Waals surface area contributed by atoms with Crippen LogP contribution in [0.4, 0.5) is 10.5 Å². The van der Waals surface area contributed by atoms with Crippen LogP contribution >= 0.6 is 0 Å². The van der Waals surface area contributed by atoms with Gasteiger partial charge in [0.15, 0.2) is 11.9 Å². The van der Waals surface area contributed by atoms with Crippen LogP contribution in [0, 0.1) is 0 Å². The van der Waals surface area contributed by atoms with Gasteiger partial charge in [-0.1, -0.05) is 19.8 Å². The molecule has 1 heterocycles. The van der Waals surface area contributed by atoms with Gasteiger partial charge in [0, 0.05) is 11.3 Å². The zero-order valence-electron chi connectivity index (χ0n) is 17.6. The van der Waals surface area contributed by atoms with Crippen molar-refractivity contribution in [2.75, 3.05) is 11.9 Å². The molecule has 0 aliphatic carbocycles. The number of ketones is 1. The molecule has 0 spiro atoms. The number of benzene rings is 1. The van der Waals surface area contributed by atoms with Crippen LogP contribution in [-0.2, 0) is 19.1 Å². The van der Waals surface area contributed by atoms with Gasteiger partial charge in [0.2, 0.25) is 0 Å². The number of Topliss-reactive ketones (excluding diaryl/α,β-unsaturated/α-hetero) is 1. The number of nitrogens with one attached hydrogen (secondary N) is 2. The number of esters is 1. The van der Waals surface area contributed by atoms with E-state index in [4.69, 9.17) is 4.74 Å². The largest absolute Gasteiger partial charge is 0.451 e. The van der Waals surface area contributed by atoms with Gasteiger partial charge >= 0.3 is 12.0 Å². The number of ether oxygens (including phenoxy) is 1. The molecule has 9 heteroatoms. The van der Waals surface area contributed by atoms with Crippen molar-refractivity contribution in [3.8, 4) is 0 Å². The van der Waals surface area contributed by atoms with Crippen LogP contribution in [0.15, 0.2) is 24.3 Å². The first-order valence-corrected chi connectivity index (χ1v) is 9.83. The van der Waals surface area contributed by atoms with E-state index < -0.39 is 42.0 Å². The number of rotatable bonds is 9. The molecular weight excluding hydrogens is 390 g/mol. The Morgan fingerprint density at radius 3 is 2.40 bits per heavy atom. The van der Waals surface area contributed by atoms with Gasteiger partial charge in [-0.05, 0) is 51.5 Å². The van der Waals surface area contributed by atoms with Crippen LogP contribution in [0.3, 0.4) is 0 Å². The smallest absolute Gasteiger partial charge is 0.327 e. The molecule has 0 unspecified atom stereocenters. The van der Waals surface area contributed by atoms with E-state index in [0.717, 1.165) is 17.7 Å². The maximum atomic E-state index is 12.5. The van der Waals surface area contributed by atoms with E-state index in [1.807, 2.05) is 6.92 Å². The Morgan fingerprint density at radius 2 is 1.83 bits per heavy atom. The molecule has 1 fully saturated rings. The molecule has 0 saturated carbocycles. The van der Waals surface area contributed by atoms with Crippen molar-refractivity contribution in [1.82, 2.24) is 10.2 Å². The number of amides is 4. The Bertz CT molecular complexity index is 851. The highest BCUT2D eigenvalue weighted by atomic mass is 16.5. The number of carbonyl (C=O) groups excluding carboxylic acids is 5. The Balaban J connectivity index is 1.90. The summed E-state index contributed by atoms with van der Waals surface area (Å²) < 4.78 is 5.08. The van der Waals surface area contributed by atoms with Crippen molar-refractivity contribution < 1.29 is 28.7 Å². The molecule has 0 bridgehead atoms. The molecule has 162 valence electrons. The van der Waals surface area contributed by atoms with E-state index in [-0.39, 0.29) is 5.78 Å². The number of urea groups is 1. The van der Waals surface area contributed by atoms with Gasteiger partial charge in [0.05, 0.1) is 0 Å². The highest BCUT2D eigenvalue weighted by Gasteiger charge is 2.48. The van der Waals surface area contributed by atoms with E-state index in [9.17, 15) is 24.0 Å². The molecule has 4 amide bonds. The predicted molar refractivity (Wildman–Crippen MR) is 109 cm³/mol. The van der Waals surface area contributed by atoms with E-state index in [2.05, 4.69) is 10.6 Å². The second kappa shape index (κ2) is 9.51. The summed E-state index contributed by atoms with van der Waals surface area (Å²) in [7, 11) is 0. The summed E-state index contributed by atoms with van der Waals surface area (Å²) >= 11 is 0. The minimum absolute atomic E-state index is 0.0959. The number of imide groups is 1. The Morgan fingerprint density at radius 1 is 1.20 bits per heavy atom. The van der Waals surface area contributed by atoms with Crippen molar-refractivity contribution in [3.63, 3.8) is 0 Å². The summed E-state index contributed by atoms with van der Waals surface area (Å²) in [5, 5.41) is 5.19.